The van der Waals surface area contributed by atoms with Gasteiger partial charge in [-0.2, -0.15) is 0 Å². The second kappa shape index (κ2) is 25.8. The molecule has 0 amide bonds. The average Bonchev–Trinajstić information content (AvgIpc) is 2.10. The van der Waals surface area contributed by atoms with Crippen LogP contribution in [-0.4, -0.2) is 0 Å². The largest absolute Gasteiger partial charge is 1.00 e. The predicted molar refractivity (Wildman–Crippen MR) is 60.9 cm³/mol. The van der Waals surface area contributed by atoms with Gasteiger partial charge >= 0.3 is 88.7 Å². The molecule has 0 aliphatic heterocycles. The van der Waals surface area contributed by atoms with Gasteiger partial charge in [0.2, 0.25) is 0 Å². The zero-order chi connectivity index (χ0) is 9.07. The van der Waals surface area contributed by atoms with Crippen molar-refractivity contribution in [1.29, 1.82) is 0 Å². The minimum absolute atomic E-state index is 0. The fraction of sp³-hybridized carbons (Fsp3) is 1.00. The molecule has 0 atom stereocenters. The Morgan fingerprint density at radius 2 is 0.667 bits per heavy atom. The molecule has 0 aliphatic carbocycles. The molecule has 0 rings (SSSR count). The molecule has 0 N–H and O–H groups in total. The second-order valence-electron chi connectivity index (χ2n) is 3.83. The van der Waals surface area contributed by atoms with E-state index in [0.717, 1.165) is 0 Å². The molecule has 0 nitrogen and oxygen atoms in total. The summed E-state index contributed by atoms with van der Waals surface area (Å²) in [5.41, 5.74) is 0. The number of unbranched alkanes of at least 4 members (excludes halogenated alkanes) is 9. The van der Waals surface area contributed by atoms with Crippen molar-refractivity contribution in [2.24, 2.45) is 0 Å². The van der Waals surface area contributed by atoms with E-state index in [1.165, 1.54) is 64.2 Å². The fourth-order valence-corrected chi connectivity index (χ4v) is 1.56. The summed E-state index contributed by atoms with van der Waals surface area (Å²) in [6.07, 6.45) is 14.4. The Morgan fingerprint density at radius 3 is 0.867 bits per heavy atom. The monoisotopic (exact) mass is 242 g/mol. The van der Waals surface area contributed by atoms with Crippen molar-refractivity contribution in [2.75, 3.05) is 0 Å². The van der Waals surface area contributed by atoms with Crippen molar-refractivity contribution in [3.63, 3.8) is 0 Å². The van der Waals surface area contributed by atoms with Gasteiger partial charge in [0.05, 0.1) is 0 Å². The molecule has 0 bridgehead atoms. The van der Waals surface area contributed by atoms with Crippen molar-refractivity contribution in [2.45, 2.75) is 78.1 Å². The van der Waals surface area contributed by atoms with Crippen molar-refractivity contribution in [1.82, 2.24) is 0 Å². The summed E-state index contributed by atoms with van der Waals surface area (Å²) in [5, 5.41) is 0. The second-order valence-corrected chi connectivity index (χ2v) is 3.83. The fourth-order valence-electron chi connectivity index (χ4n) is 1.56. The smallest absolute Gasteiger partial charge is 1.00 e. The van der Waals surface area contributed by atoms with E-state index in [4.69, 9.17) is 0 Å². The van der Waals surface area contributed by atoms with E-state index in [-0.39, 0.29) is 93.0 Å². The molecule has 3 heteroatoms. The van der Waals surface area contributed by atoms with Gasteiger partial charge in [0, 0.05) is 0 Å². The van der Waals surface area contributed by atoms with Crippen LogP contribution in [0.25, 0.3) is 0 Å². The van der Waals surface area contributed by atoms with Crippen LogP contribution in [0.5, 0.6) is 0 Å². The van der Waals surface area contributed by atoms with Gasteiger partial charge in [0.1, 0.15) is 0 Å². The molecule has 80 valence electrons. The van der Waals surface area contributed by atoms with E-state index >= 15 is 0 Å². The van der Waals surface area contributed by atoms with Crippen molar-refractivity contribution in [3.8, 4) is 0 Å². The molecule has 15 heavy (non-hydrogen) atoms. The molecule has 0 unspecified atom stereocenters. The summed E-state index contributed by atoms with van der Waals surface area (Å²) in [6, 6.07) is 0. The molecule has 0 heterocycles. The first kappa shape index (κ1) is 26.5. The predicted octanol–water partition coefficient (Wildman–Crippen LogP) is -3.72. The Morgan fingerprint density at radius 1 is 0.467 bits per heavy atom. The first-order chi connectivity index (χ1) is 5.91. The van der Waals surface area contributed by atoms with Gasteiger partial charge in [-0.15, -0.1) is 0 Å². The third-order valence-corrected chi connectivity index (χ3v) is 2.46. The third-order valence-electron chi connectivity index (χ3n) is 2.46. The van der Waals surface area contributed by atoms with E-state index < -0.39 is 0 Å². The van der Waals surface area contributed by atoms with Crippen LogP contribution in [-0.2, 0) is 0 Å². The minimum atomic E-state index is 0. The Kier molecular flexibility index (Phi) is 45.6. The average molecular weight is 242 g/mol. The van der Waals surface area contributed by atoms with E-state index in [1.807, 2.05) is 0 Å². The molecule has 0 aliphatic rings. The molecule has 0 fully saturated rings. The SMILES string of the molecule is CCCCCCCCCCCC.[H-].[H-].[H-].[Na+].[Na+].[Na+]. The van der Waals surface area contributed by atoms with Crippen molar-refractivity contribution in [3.05, 3.63) is 0 Å². The van der Waals surface area contributed by atoms with Gasteiger partial charge in [0.25, 0.3) is 0 Å². The normalized spacial score (nSPS) is 8.40. The van der Waals surface area contributed by atoms with E-state index in [1.54, 1.807) is 0 Å². The molecular weight excluding hydrogens is 213 g/mol. The number of hydrogen-bond donors (Lipinski definition) is 0. The van der Waals surface area contributed by atoms with E-state index in [0.29, 0.717) is 0 Å². The Labute approximate surface area is 168 Å². The molecule has 0 aromatic rings. The minimum Gasteiger partial charge on any atom is -1.00 e. The van der Waals surface area contributed by atoms with Crippen LogP contribution in [0.2, 0.25) is 0 Å². The van der Waals surface area contributed by atoms with Crippen LogP contribution >= 0.6 is 0 Å². The third kappa shape index (κ3) is 26.6. The van der Waals surface area contributed by atoms with Crippen LogP contribution < -0.4 is 88.7 Å². The quantitative estimate of drug-likeness (QED) is 0.288. The summed E-state index contributed by atoms with van der Waals surface area (Å²) in [6.45, 7) is 4.56. The Hall–Kier alpha value is 3.00. The summed E-state index contributed by atoms with van der Waals surface area (Å²) >= 11 is 0. The number of rotatable bonds is 9. The maximum Gasteiger partial charge on any atom is 1.00 e. The van der Waals surface area contributed by atoms with Gasteiger partial charge in [-0.05, 0) is 0 Å². The van der Waals surface area contributed by atoms with Gasteiger partial charge in [-0.25, -0.2) is 0 Å². The zero-order valence-electron chi connectivity index (χ0n) is 15.1. The summed E-state index contributed by atoms with van der Waals surface area (Å²) in [5.74, 6) is 0. The molecule has 0 spiro atoms. The Balaban J connectivity index is -0.0000000403. The van der Waals surface area contributed by atoms with Gasteiger partial charge in [0.15, 0.2) is 0 Å². The molecule has 0 saturated carbocycles. The van der Waals surface area contributed by atoms with Crippen molar-refractivity contribution < 1.29 is 93.0 Å². The van der Waals surface area contributed by atoms with E-state index in [2.05, 4.69) is 13.8 Å². The molecule has 0 aromatic heterocycles. The summed E-state index contributed by atoms with van der Waals surface area (Å²) in [4.78, 5) is 0. The standard InChI is InChI=1S/C12H26.3Na.3H/c1-3-5-7-9-11-12-10-8-6-4-2;;;;;;/h3-12H2,1-2H3;;;;;;/q;3*+1;3*-1. The van der Waals surface area contributed by atoms with Crippen LogP contribution in [0, 0.1) is 0 Å². The topological polar surface area (TPSA) is 0 Å². The maximum absolute atomic E-state index is 2.28. The maximum atomic E-state index is 2.28. The van der Waals surface area contributed by atoms with Crippen LogP contribution in [0.1, 0.15) is 82.3 Å². The molecular formula is C12H29Na3. The van der Waals surface area contributed by atoms with Crippen molar-refractivity contribution >= 4 is 0 Å². The van der Waals surface area contributed by atoms with Gasteiger partial charge < -0.3 is 4.28 Å². The van der Waals surface area contributed by atoms with Gasteiger partial charge in [-0.1, -0.05) is 78.1 Å². The number of hydrogen-bond acceptors (Lipinski definition) is 0. The summed E-state index contributed by atoms with van der Waals surface area (Å²) in [7, 11) is 0. The Bertz CT molecular complexity index is 79.0. The van der Waals surface area contributed by atoms with Gasteiger partial charge in [-0.3, -0.25) is 0 Å². The summed E-state index contributed by atoms with van der Waals surface area (Å²) < 4.78 is 0. The first-order valence-corrected chi connectivity index (χ1v) is 5.91. The van der Waals surface area contributed by atoms with Crippen LogP contribution in [0.15, 0.2) is 0 Å². The van der Waals surface area contributed by atoms with Crippen LogP contribution in [0.3, 0.4) is 0 Å². The van der Waals surface area contributed by atoms with Crippen LogP contribution in [0.4, 0.5) is 0 Å². The first-order valence-electron chi connectivity index (χ1n) is 5.91. The molecule has 0 aromatic carbocycles. The van der Waals surface area contributed by atoms with E-state index in [9.17, 15) is 0 Å². The molecule has 0 saturated heterocycles. The zero-order valence-corrected chi connectivity index (χ0v) is 18.1. The molecule has 0 radical (unpaired) electrons.